The Morgan fingerprint density at radius 1 is 1.46 bits per heavy atom. The Kier molecular flexibility index (Phi) is 2.86. The molecule has 0 aromatic carbocycles. The summed E-state index contributed by atoms with van der Waals surface area (Å²) in [6.07, 6.45) is 2.93. The van der Waals surface area contributed by atoms with E-state index in [1.54, 1.807) is 0 Å². The highest BCUT2D eigenvalue weighted by atomic mass is 16.5. The van der Waals surface area contributed by atoms with Gasteiger partial charge in [-0.3, -0.25) is 0 Å². The number of nitrogens with one attached hydrogen (secondary N) is 1. The number of ether oxygens (including phenoxy) is 1. The van der Waals surface area contributed by atoms with E-state index in [1.165, 1.54) is 25.9 Å². The lowest BCUT2D eigenvalue weighted by Gasteiger charge is -2.39. The number of hydrogen-bond donors (Lipinski definition) is 1. The second-order valence-corrected chi connectivity index (χ2v) is 4.42. The average molecular weight is 184 g/mol. The van der Waals surface area contributed by atoms with Crippen molar-refractivity contribution < 1.29 is 4.74 Å². The highest BCUT2D eigenvalue weighted by Crippen LogP contribution is 2.16. The minimum atomic E-state index is 0.464. The Bertz CT molecular complexity index is 162. The van der Waals surface area contributed by atoms with Crippen molar-refractivity contribution in [1.82, 2.24) is 10.2 Å². The van der Waals surface area contributed by atoms with Gasteiger partial charge in [0.1, 0.15) is 0 Å². The molecule has 0 bridgehead atoms. The minimum absolute atomic E-state index is 0.464. The predicted octanol–water partition coefficient (Wildman–Crippen LogP) is 0.457. The number of hydrogen-bond acceptors (Lipinski definition) is 3. The van der Waals surface area contributed by atoms with Crippen LogP contribution in [0.1, 0.15) is 19.8 Å². The Balaban J connectivity index is 1.68. The average Bonchev–Trinajstić information content (AvgIpc) is 2.53. The highest BCUT2D eigenvalue weighted by molar-refractivity contribution is 4.88. The second kappa shape index (κ2) is 3.95. The lowest BCUT2D eigenvalue weighted by molar-refractivity contribution is 0.0634. The van der Waals surface area contributed by atoms with Crippen LogP contribution in [-0.2, 0) is 4.74 Å². The van der Waals surface area contributed by atoms with Gasteiger partial charge in [-0.15, -0.1) is 0 Å². The fraction of sp³-hybridized carbons (Fsp3) is 1.00. The van der Waals surface area contributed by atoms with Crippen molar-refractivity contribution in [3.63, 3.8) is 0 Å². The molecule has 0 amide bonds. The largest absolute Gasteiger partial charge is 0.377 e. The van der Waals surface area contributed by atoms with E-state index in [1.807, 2.05) is 0 Å². The standard InChI is InChI=1S/C10H20N2O/c1-8(10-4-3-5-13-10)11-9-6-12(2)7-9/h8-11H,3-7H2,1-2H3. The molecule has 1 N–H and O–H groups in total. The topological polar surface area (TPSA) is 24.5 Å². The molecule has 2 atom stereocenters. The first-order valence-corrected chi connectivity index (χ1v) is 5.32. The van der Waals surface area contributed by atoms with Crippen molar-refractivity contribution in [2.45, 2.75) is 38.0 Å². The summed E-state index contributed by atoms with van der Waals surface area (Å²) in [6.45, 7) is 5.59. The Labute approximate surface area is 80.4 Å². The molecule has 2 aliphatic heterocycles. The van der Waals surface area contributed by atoms with Gasteiger partial charge in [-0.1, -0.05) is 0 Å². The van der Waals surface area contributed by atoms with Crippen molar-refractivity contribution in [3.05, 3.63) is 0 Å². The first kappa shape index (κ1) is 9.44. The zero-order valence-electron chi connectivity index (χ0n) is 8.62. The molecule has 0 aromatic heterocycles. The van der Waals surface area contributed by atoms with Gasteiger partial charge in [-0.05, 0) is 26.8 Å². The van der Waals surface area contributed by atoms with Gasteiger partial charge in [-0.2, -0.15) is 0 Å². The van der Waals surface area contributed by atoms with E-state index in [0.29, 0.717) is 18.2 Å². The summed E-state index contributed by atoms with van der Waals surface area (Å²) in [5, 5.41) is 3.62. The van der Waals surface area contributed by atoms with Crippen LogP contribution in [-0.4, -0.2) is 49.8 Å². The number of nitrogens with zero attached hydrogens (tertiary/aromatic N) is 1. The van der Waals surface area contributed by atoms with Crippen LogP contribution in [0.15, 0.2) is 0 Å². The van der Waals surface area contributed by atoms with Crippen LogP contribution in [0.25, 0.3) is 0 Å². The maximum Gasteiger partial charge on any atom is 0.0726 e. The summed E-state index contributed by atoms with van der Waals surface area (Å²) in [7, 11) is 2.16. The number of likely N-dealkylation sites (tertiary alicyclic amines) is 1. The van der Waals surface area contributed by atoms with Crippen molar-refractivity contribution in [2.75, 3.05) is 26.7 Å². The first-order valence-electron chi connectivity index (χ1n) is 5.32. The molecule has 0 aromatic rings. The first-order chi connectivity index (χ1) is 6.25. The molecule has 2 saturated heterocycles. The van der Waals surface area contributed by atoms with E-state index in [-0.39, 0.29) is 0 Å². The number of likely N-dealkylation sites (N-methyl/N-ethyl adjacent to an activating group) is 1. The zero-order chi connectivity index (χ0) is 9.26. The normalized spacial score (nSPS) is 33.2. The lowest BCUT2D eigenvalue weighted by atomic mass is 10.1. The summed E-state index contributed by atoms with van der Waals surface area (Å²) in [5.41, 5.74) is 0. The fourth-order valence-electron chi connectivity index (χ4n) is 2.28. The Morgan fingerprint density at radius 2 is 2.23 bits per heavy atom. The van der Waals surface area contributed by atoms with Gasteiger partial charge < -0.3 is 15.0 Å². The summed E-state index contributed by atoms with van der Waals surface area (Å²) in [5.74, 6) is 0. The van der Waals surface area contributed by atoms with E-state index in [4.69, 9.17) is 4.74 Å². The zero-order valence-corrected chi connectivity index (χ0v) is 8.62. The quantitative estimate of drug-likeness (QED) is 0.689. The molecule has 0 spiro atoms. The molecule has 3 nitrogen and oxygen atoms in total. The van der Waals surface area contributed by atoms with Crippen molar-refractivity contribution >= 4 is 0 Å². The van der Waals surface area contributed by atoms with Gasteiger partial charge in [0.15, 0.2) is 0 Å². The van der Waals surface area contributed by atoms with Gasteiger partial charge in [-0.25, -0.2) is 0 Å². The molecule has 2 unspecified atom stereocenters. The van der Waals surface area contributed by atoms with Gasteiger partial charge in [0, 0.05) is 31.8 Å². The Morgan fingerprint density at radius 3 is 2.77 bits per heavy atom. The SMILES string of the molecule is CC(NC1CN(C)C1)C1CCCO1. The molecule has 0 radical (unpaired) electrons. The maximum absolute atomic E-state index is 5.63. The lowest BCUT2D eigenvalue weighted by Crippen LogP contribution is -2.59. The van der Waals surface area contributed by atoms with Crippen molar-refractivity contribution in [3.8, 4) is 0 Å². The number of rotatable bonds is 3. The van der Waals surface area contributed by atoms with Crippen LogP contribution in [0.3, 0.4) is 0 Å². The smallest absolute Gasteiger partial charge is 0.0726 e. The molecule has 3 heteroatoms. The van der Waals surface area contributed by atoms with E-state index in [2.05, 4.69) is 24.2 Å². The monoisotopic (exact) mass is 184 g/mol. The van der Waals surface area contributed by atoms with E-state index >= 15 is 0 Å². The van der Waals surface area contributed by atoms with E-state index in [0.717, 1.165) is 6.61 Å². The predicted molar refractivity (Wildman–Crippen MR) is 52.9 cm³/mol. The molecule has 13 heavy (non-hydrogen) atoms. The Hall–Kier alpha value is -0.120. The second-order valence-electron chi connectivity index (χ2n) is 4.42. The van der Waals surface area contributed by atoms with Crippen molar-refractivity contribution in [1.29, 1.82) is 0 Å². The molecule has 2 aliphatic rings. The molecule has 76 valence electrons. The van der Waals surface area contributed by atoms with Gasteiger partial charge in [0.2, 0.25) is 0 Å². The molecule has 2 heterocycles. The highest BCUT2D eigenvalue weighted by Gasteiger charge is 2.28. The molecular formula is C10H20N2O. The van der Waals surface area contributed by atoms with Crippen LogP contribution in [0, 0.1) is 0 Å². The van der Waals surface area contributed by atoms with Crippen molar-refractivity contribution in [2.24, 2.45) is 0 Å². The van der Waals surface area contributed by atoms with Crippen LogP contribution in [0.5, 0.6) is 0 Å². The third-order valence-corrected chi connectivity index (χ3v) is 3.09. The molecule has 0 aliphatic carbocycles. The third-order valence-electron chi connectivity index (χ3n) is 3.09. The van der Waals surface area contributed by atoms with Crippen LogP contribution < -0.4 is 5.32 Å². The van der Waals surface area contributed by atoms with Gasteiger partial charge in [0.25, 0.3) is 0 Å². The summed E-state index contributed by atoms with van der Waals surface area (Å²) >= 11 is 0. The van der Waals surface area contributed by atoms with Crippen LogP contribution in [0.4, 0.5) is 0 Å². The van der Waals surface area contributed by atoms with Gasteiger partial charge >= 0.3 is 0 Å². The van der Waals surface area contributed by atoms with Crippen LogP contribution >= 0.6 is 0 Å². The summed E-state index contributed by atoms with van der Waals surface area (Å²) in [4.78, 5) is 2.33. The molecule has 2 fully saturated rings. The third kappa shape index (κ3) is 2.22. The summed E-state index contributed by atoms with van der Waals surface area (Å²) in [6, 6.07) is 1.23. The summed E-state index contributed by atoms with van der Waals surface area (Å²) < 4.78 is 5.63. The molecule has 2 rings (SSSR count). The van der Waals surface area contributed by atoms with E-state index < -0.39 is 0 Å². The molecule has 0 saturated carbocycles. The van der Waals surface area contributed by atoms with E-state index in [9.17, 15) is 0 Å². The minimum Gasteiger partial charge on any atom is -0.377 e. The fourth-order valence-corrected chi connectivity index (χ4v) is 2.28. The van der Waals surface area contributed by atoms with Crippen LogP contribution in [0.2, 0.25) is 0 Å². The molecular weight excluding hydrogens is 164 g/mol. The van der Waals surface area contributed by atoms with Gasteiger partial charge in [0.05, 0.1) is 6.10 Å². The maximum atomic E-state index is 5.63.